The Labute approximate surface area is 78.1 Å². The van der Waals surface area contributed by atoms with Crippen LogP contribution in [0.3, 0.4) is 0 Å². The fraction of sp³-hybridized carbons (Fsp3) is 1.00. The molecule has 1 N–H and O–H groups in total. The van der Waals surface area contributed by atoms with Gasteiger partial charge in [-0.1, -0.05) is 15.9 Å². The van der Waals surface area contributed by atoms with Crippen LogP contribution in [0.5, 0.6) is 0 Å². The van der Waals surface area contributed by atoms with Gasteiger partial charge in [-0.15, -0.1) is 0 Å². The first-order chi connectivity index (χ1) is 5.14. The smallest absolute Gasteiger partial charge is 0.0133 e. The standard InChI is InChI=1S/C9H18BrN/c1-9(2,5-6-10)11-7-8-3-4-8/h8,11H,3-7H2,1-2H3. The SMILES string of the molecule is CC(C)(CCBr)NCC1CC1. The molecule has 1 nitrogen and oxygen atoms in total. The van der Waals surface area contributed by atoms with Gasteiger partial charge in [0.2, 0.25) is 0 Å². The Bertz CT molecular complexity index is 119. The second-order valence-electron chi connectivity index (χ2n) is 4.15. The molecule has 1 rings (SSSR count). The lowest BCUT2D eigenvalue weighted by molar-refractivity contribution is 0.373. The highest BCUT2D eigenvalue weighted by atomic mass is 79.9. The minimum atomic E-state index is 0.325. The molecule has 0 aliphatic heterocycles. The van der Waals surface area contributed by atoms with Crippen LogP contribution in [-0.2, 0) is 0 Å². The minimum absolute atomic E-state index is 0.325. The summed E-state index contributed by atoms with van der Waals surface area (Å²) >= 11 is 3.47. The second-order valence-corrected chi connectivity index (χ2v) is 4.94. The Balaban J connectivity index is 2.09. The normalized spacial score (nSPS) is 18.8. The van der Waals surface area contributed by atoms with E-state index in [0.29, 0.717) is 5.54 Å². The molecule has 66 valence electrons. The molecular formula is C9H18BrN. The largest absolute Gasteiger partial charge is 0.311 e. The van der Waals surface area contributed by atoms with Gasteiger partial charge in [0, 0.05) is 10.9 Å². The van der Waals surface area contributed by atoms with E-state index >= 15 is 0 Å². The van der Waals surface area contributed by atoms with E-state index in [4.69, 9.17) is 0 Å². The van der Waals surface area contributed by atoms with Crippen molar-refractivity contribution in [2.24, 2.45) is 5.92 Å². The van der Waals surface area contributed by atoms with Gasteiger partial charge in [0.05, 0.1) is 0 Å². The number of hydrogen-bond acceptors (Lipinski definition) is 1. The molecule has 0 atom stereocenters. The molecule has 1 aliphatic carbocycles. The monoisotopic (exact) mass is 219 g/mol. The van der Waals surface area contributed by atoms with Crippen molar-refractivity contribution >= 4 is 15.9 Å². The molecule has 0 heterocycles. The third kappa shape index (κ3) is 4.12. The summed E-state index contributed by atoms with van der Waals surface area (Å²) in [6, 6.07) is 0. The van der Waals surface area contributed by atoms with E-state index in [-0.39, 0.29) is 0 Å². The van der Waals surface area contributed by atoms with E-state index in [1.807, 2.05) is 0 Å². The van der Waals surface area contributed by atoms with Crippen molar-refractivity contribution in [3.63, 3.8) is 0 Å². The van der Waals surface area contributed by atoms with E-state index in [1.54, 1.807) is 0 Å². The minimum Gasteiger partial charge on any atom is -0.311 e. The van der Waals surface area contributed by atoms with Crippen molar-refractivity contribution in [2.75, 3.05) is 11.9 Å². The summed E-state index contributed by atoms with van der Waals surface area (Å²) in [5.41, 5.74) is 0.325. The van der Waals surface area contributed by atoms with Crippen LogP contribution < -0.4 is 5.32 Å². The summed E-state index contributed by atoms with van der Waals surface area (Å²) in [5, 5.41) is 4.69. The predicted octanol–water partition coefficient (Wildman–Crippen LogP) is 2.55. The third-order valence-electron chi connectivity index (χ3n) is 2.29. The van der Waals surface area contributed by atoms with Gasteiger partial charge in [-0.05, 0) is 45.6 Å². The van der Waals surface area contributed by atoms with Crippen LogP contribution in [0.2, 0.25) is 0 Å². The zero-order chi connectivity index (χ0) is 8.32. The molecule has 1 fully saturated rings. The van der Waals surface area contributed by atoms with Crippen molar-refractivity contribution < 1.29 is 0 Å². The number of alkyl halides is 1. The van der Waals surface area contributed by atoms with E-state index < -0.39 is 0 Å². The molecule has 1 saturated carbocycles. The first kappa shape index (κ1) is 9.53. The maximum absolute atomic E-state index is 3.59. The summed E-state index contributed by atoms with van der Waals surface area (Å²) < 4.78 is 0. The molecule has 0 unspecified atom stereocenters. The van der Waals surface area contributed by atoms with Crippen molar-refractivity contribution in [1.82, 2.24) is 5.32 Å². The molecule has 11 heavy (non-hydrogen) atoms. The lowest BCUT2D eigenvalue weighted by atomic mass is 10.0. The van der Waals surface area contributed by atoms with Gasteiger partial charge in [0.25, 0.3) is 0 Å². The third-order valence-corrected chi connectivity index (χ3v) is 2.68. The summed E-state index contributed by atoms with van der Waals surface area (Å²) in [7, 11) is 0. The van der Waals surface area contributed by atoms with Crippen LogP contribution in [0, 0.1) is 5.92 Å². The highest BCUT2D eigenvalue weighted by Crippen LogP contribution is 2.28. The highest BCUT2D eigenvalue weighted by molar-refractivity contribution is 9.09. The molecule has 2 heteroatoms. The van der Waals surface area contributed by atoms with E-state index in [2.05, 4.69) is 35.1 Å². The predicted molar refractivity (Wildman–Crippen MR) is 53.2 cm³/mol. The lowest BCUT2D eigenvalue weighted by Crippen LogP contribution is -2.40. The van der Waals surface area contributed by atoms with Crippen LogP contribution >= 0.6 is 15.9 Å². The number of rotatable bonds is 5. The first-order valence-corrected chi connectivity index (χ1v) is 5.57. The Morgan fingerprint density at radius 3 is 2.55 bits per heavy atom. The first-order valence-electron chi connectivity index (χ1n) is 4.45. The number of nitrogens with one attached hydrogen (secondary N) is 1. The molecule has 1 aliphatic rings. The Morgan fingerprint density at radius 1 is 1.45 bits per heavy atom. The molecule has 0 saturated heterocycles. The van der Waals surface area contributed by atoms with Crippen LogP contribution in [0.1, 0.15) is 33.1 Å². The maximum atomic E-state index is 3.59. The van der Waals surface area contributed by atoms with Crippen LogP contribution in [0.15, 0.2) is 0 Å². The molecule has 0 radical (unpaired) electrons. The van der Waals surface area contributed by atoms with Gasteiger partial charge >= 0.3 is 0 Å². The molecule has 0 bridgehead atoms. The van der Waals surface area contributed by atoms with E-state index in [1.165, 1.54) is 25.8 Å². The average Bonchev–Trinajstić information content (AvgIpc) is 2.65. The van der Waals surface area contributed by atoms with Gasteiger partial charge in [-0.25, -0.2) is 0 Å². The fourth-order valence-corrected chi connectivity index (χ4v) is 2.06. The molecular weight excluding hydrogens is 202 g/mol. The zero-order valence-electron chi connectivity index (χ0n) is 7.49. The molecule has 0 amide bonds. The van der Waals surface area contributed by atoms with Crippen molar-refractivity contribution in [3.05, 3.63) is 0 Å². The summed E-state index contributed by atoms with van der Waals surface area (Å²) in [6.45, 7) is 5.77. The quantitative estimate of drug-likeness (QED) is 0.702. The molecule has 0 aromatic heterocycles. The van der Waals surface area contributed by atoms with E-state index in [9.17, 15) is 0 Å². The van der Waals surface area contributed by atoms with Crippen LogP contribution in [-0.4, -0.2) is 17.4 Å². The zero-order valence-corrected chi connectivity index (χ0v) is 9.08. The van der Waals surface area contributed by atoms with E-state index in [0.717, 1.165) is 11.2 Å². The molecule has 0 aromatic carbocycles. The molecule has 0 aromatic rings. The van der Waals surface area contributed by atoms with Crippen molar-refractivity contribution in [3.8, 4) is 0 Å². The summed E-state index contributed by atoms with van der Waals surface area (Å²) in [6.07, 6.45) is 4.09. The van der Waals surface area contributed by atoms with Gasteiger partial charge in [-0.3, -0.25) is 0 Å². The summed E-state index contributed by atoms with van der Waals surface area (Å²) in [5.74, 6) is 0.990. The Kier molecular flexibility index (Phi) is 3.38. The maximum Gasteiger partial charge on any atom is 0.0133 e. The topological polar surface area (TPSA) is 12.0 Å². The Morgan fingerprint density at radius 2 is 2.09 bits per heavy atom. The second kappa shape index (κ2) is 3.90. The Hall–Kier alpha value is 0.440. The van der Waals surface area contributed by atoms with Crippen molar-refractivity contribution in [2.45, 2.75) is 38.6 Å². The van der Waals surface area contributed by atoms with Crippen molar-refractivity contribution in [1.29, 1.82) is 0 Å². The molecule has 0 spiro atoms. The number of hydrogen-bond donors (Lipinski definition) is 1. The fourth-order valence-electron chi connectivity index (χ4n) is 1.07. The van der Waals surface area contributed by atoms with Gasteiger partial charge < -0.3 is 5.32 Å². The highest BCUT2D eigenvalue weighted by Gasteiger charge is 2.24. The average molecular weight is 220 g/mol. The summed E-state index contributed by atoms with van der Waals surface area (Å²) in [4.78, 5) is 0. The lowest BCUT2D eigenvalue weighted by Gasteiger charge is -2.25. The van der Waals surface area contributed by atoms with Gasteiger partial charge in [0.15, 0.2) is 0 Å². The van der Waals surface area contributed by atoms with Gasteiger partial charge in [-0.2, -0.15) is 0 Å². The number of halogens is 1. The van der Waals surface area contributed by atoms with Gasteiger partial charge in [0.1, 0.15) is 0 Å². The van der Waals surface area contributed by atoms with Crippen LogP contribution in [0.4, 0.5) is 0 Å². The van der Waals surface area contributed by atoms with Crippen LogP contribution in [0.25, 0.3) is 0 Å².